The van der Waals surface area contributed by atoms with E-state index in [1.807, 2.05) is 29.8 Å². The average Bonchev–Trinajstić information content (AvgIpc) is 3.17. The minimum Gasteiger partial charge on any atom is -0.279 e. The lowest BCUT2D eigenvalue weighted by Crippen LogP contribution is -2.15. The van der Waals surface area contributed by atoms with Crippen LogP contribution >= 0.6 is 11.3 Å². The Balaban J connectivity index is 1.97. The molecule has 3 aromatic rings. The number of non-ortho nitro benzene ring substituents is 1. The number of hydrogen-bond acceptors (Lipinski definition) is 7. The molecule has 2 aromatic carbocycles. The second kappa shape index (κ2) is 8.41. The summed E-state index contributed by atoms with van der Waals surface area (Å²) in [7, 11) is -4.11. The van der Waals surface area contributed by atoms with E-state index in [4.69, 9.17) is 0 Å². The zero-order valence-corrected chi connectivity index (χ0v) is 17.3. The highest BCUT2D eigenvalue weighted by Gasteiger charge is 2.23. The van der Waals surface area contributed by atoms with E-state index in [1.165, 1.54) is 29.7 Å². The van der Waals surface area contributed by atoms with Gasteiger partial charge in [-0.15, -0.1) is 0 Å². The van der Waals surface area contributed by atoms with Gasteiger partial charge >= 0.3 is 0 Å². The fourth-order valence-corrected chi connectivity index (χ4v) is 4.51. The van der Waals surface area contributed by atoms with E-state index in [0.29, 0.717) is 5.69 Å². The van der Waals surface area contributed by atoms with E-state index in [2.05, 4.69) is 15.2 Å². The molecule has 0 aliphatic carbocycles. The third-order valence-electron chi connectivity index (χ3n) is 4.03. The number of aryl methyl sites for hydroxylation is 2. The molecule has 1 aromatic heterocycles. The van der Waals surface area contributed by atoms with Gasteiger partial charge in [0.25, 0.3) is 15.7 Å². The number of nitrogens with one attached hydrogen (secondary N) is 2. The highest BCUT2D eigenvalue weighted by atomic mass is 32.2. The molecule has 0 saturated carbocycles. The number of hydrogen-bond donors (Lipinski definition) is 2. The number of nitrogens with zero attached hydrogens (tertiary/aromatic N) is 2. The second-order valence-electron chi connectivity index (χ2n) is 6.29. The summed E-state index contributed by atoms with van der Waals surface area (Å²) in [6.45, 7) is 3.68. The fraction of sp³-hybridized carbons (Fsp3) is 0.105. The van der Waals surface area contributed by atoms with Crippen molar-refractivity contribution in [1.29, 1.82) is 0 Å². The van der Waals surface area contributed by atoms with Crippen molar-refractivity contribution in [3.63, 3.8) is 0 Å². The van der Waals surface area contributed by atoms with Crippen LogP contribution in [0.1, 0.15) is 16.7 Å². The topological polar surface area (TPSA) is 114 Å². The lowest BCUT2D eigenvalue weighted by molar-refractivity contribution is -0.385. The molecule has 10 heteroatoms. The highest BCUT2D eigenvalue weighted by Crippen LogP contribution is 2.29. The number of thiophene rings is 1. The Morgan fingerprint density at radius 2 is 1.86 bits per heavy atom. The predicted molar refractivity (Wildman–Crippen MR) is 115 cm³/mol. The van der Waals surface area contributed by atoms with E-state index < -0.39 is 14.9 Å². The Hall–Kier alpha value is -3.24. The first-order chi connectivity index (χ1) is 13.8. The second-order valence-corrected chi connectivity index (χ2v) is 8.72. The number of rotatable bonds is 7. The zero-order chi connectivity index (χ0) is 21.0. The number of hydrazone groups is 1. The Labute approximate surface area is 172 Å². The first-order valence-corrected chi connectivity index (χ1v) is 10.9. The van der Waals surface area contributed by atoms with Gasteiger partial charge in [-0.05, 0) is 48.4 Å². The van der Waals surface area contributed by atoms with Gasteiger partial charge in [0.1, 0.15) is 4.90 Å². The van der Waals surface area contributed by atoms with Crippen LogP contribution in [0, 0.1) is 24.0 Å². The lowest BCUT2D eigenvalue weighted by Gasteiger charge is -2.14. The first-order valence-electron chi connectivity index (χ1n) is 8.46. The van der Waals surface area contributed by atoms with Gasteiger partial charge in [0.05, 0.1) is 22.5 Å². The summed E-state index contributed by atoms with van der Waals surface area (Å²) < 4.78 is 28.5. The van der Waals surface area contributed by atoms with E-state index in [9.17, 15) is 18.5 Å². The molecule has 150 valence electrons. The minimum atomic E-state index is -4.11. The van der Waals surface area contributed by atoms with Crippen molar-refractivity contribution < 1.29 is 13.3 Å². The third-order valence-corrected chi connectivity index (χ3v) is 6.14. The predicted octanol–water partition coefficient (Wildman–Crippen LogP) is 4.52. The van der Waals surface area contributed by atoms with Gasteiger partial charge < -0.3 is 0 Å². The Morgan fingerprint density at radius 3 is 2.52 bits per heavy atom. The molecule has 0 fully saturated rings. The molecule has 0 amide bonds. The van der Waals surface area contributed by atoms with E-state index >= 15 is 0 Å². The maximum Gasteiger partial charge on any atom is 0.270 e. The summed E-state index contributed by atoms with van der Waals surface area (Å²) in [6.07, 6.45) is 1.53. The van der Waals surface area contributed by atoms with E-state index in [-0.39, 0.29) is 16.3 Å². The molecule has 0 spiro atoms. The van der Waals surface area contributed by atoms with E-state index in [1.54, 1.807) is 19.1 Å². The smallest absolute Gasteiger partial charge is 0.270 e. The Kier molecular flexibility index (Phi) is 5.95. The van der Waals surface area contributed by atoms with Gasteiger partial charge in [-0.1, -0.05) is 17.7 Å². The molecule has 8 nitrogen and oxygen atoms in total. The molecule has 0 radical (unpaired) electrons. The van der Waals surface area contributed by atoms with Crippen molar-refractivity contribution in [2.45, 2.75) is 18.7 Å². The van der Waals surface area contributed by atoms with Crippen LogP contribution in [0.15, 0.2) is 63.2 Å². The molecule has 0 aliphatic heterocycles. The molecule has 29 heavy (non-hydrogen) atoms. The summed E-state index contributed by atoms with van der Waals surface area (Å²) in [4.78, 5) is 10.2. The summed E-state index contributed by atoms with van der Waals surface area (Å²) in [5, 5.41) is 19.0. The third kappa shape index (κ3) is 4.98. The normalized spacial score (nSPS) is 11.5. The van der Waals surface area contributed by atoms with Gasteiger partial charge in [0.15, 0.2) is 0 Å². The van der Waals surface area contributed by atoms with Crippen molar-refractivity contribution in [3.8, 4) is 0 Å². The van der Waals surface area contributed by atoms with Crippen LogP contribution in [0.4, 0.5) is 17.1 Å². The standard InChI is InChI=1S/C19H18N4O4S2/c1-13-3-5-17(14(2)9-13)22-29(26,27)19-10-16(23(24)25)4-6-18(19)21-20-11-15-7-8-28-12-15/h3-12,21-22H,1-2H3/b20-11+. The van der Waals surface area contributed by atoms with Crippen molar-refractivity contribution in [1.82, 2.24) is 0 Å². The fourth-order valence-electron chi connectivity index (χ4n) is 2.59. The summed E-state index contributed by atoms with van der Waals surface area (Å²) in [6, 6.07) is 10.7. The van der Waals surface area contributed by atoms with Gasteiger partial charge in [-0.3, -0.25) is 20.3 Å². The van der Waals surface area contributed by atoms with Crippen LogP contribution in [-0.4, -0.2) is 19.6 Å². The van der Waals surface area contributed by atoms with Gasteiger partial charge in [0.2, 0.25) is 0 Å². The zero-order valence-electron chi connectivity index (χ0n) is 15.6. The molecule has 0 saturated heterocycles. The molecule has 0 unspecified atom stereocenters. The molecule has 2 N–H and O–H groups in total. The minimum absolute atomic E-state index is 0.124. The number of benzene rings is 2. The Bertz CT molecular complexity index is 1170. The molecule has 1 heterocycles. The number of nitro benzene ring substituents is 1. The van der Waals surface area contributed by atoms with Crippen LogP contribution in [-0.2, 0) is 10.0 Å². The van der Waals surface area contributed by atoms with Crippen LogP contribution in [0.3, 0.4) is 0 Å². The molecule has 0 aliphatic rings. The van der Waals surface area contributed by atoms with Crippen molar-refractivity contribution >= 4 is 44.6 Å². The molecule has 0 atom stereocenters. The Morgan fingerprint density at radius 1 is 1.10 bits per heavy atom. The van der Waals surface area contributed by atoms with Gasteiger partial charge in [-0.2, -0.15) is 16.4 Å². The average molecular weight is 431 g/mol. The summed E-state index contributed by atoms with van der Waals surface area (Å²) in [5.41, 5.74) is 5.43. The molecule has 0 bridgehead atoms. The maximum absolute atomic E-state index is 13.0. The first kappa shape index (κ1) is 20.5. The number of sulfonamides is 1. The van der Waals surface area contributed by atoms with Crippen molar-refractivity contribution in [2.75, 3.05) is 10.1 Å². The lowest BCUT2D eigenvalue weighted by atomic mass is 10.1. The van der Waals surface area contributed by atoms with Crippen LogP contribution in [0.25, 0.3) is 0 Å². The highest BCUT2D eigenvalue weighted by molar-refractivity contribution is 7.92. The maximum atomic E-state index is 13.0. The van der Waals surface area contributed by atoms with Crippen LogP contribution < -0.4 is 10.1 Å². The number of anilines is 2. The van der Waals surface area contributed by atoms with Gasteiger partial charge in [0, 0.05) is 17.7 Å². The van der Waals surface area contributed by atoms with Crippen molar-refractivity contribution in [2.24, 2.45) is 5.10 Å². The molecule has 3 rings (SSSR count). The monoisotopic (exact) mass is 430 g/mol. The van der Waals surface area contributed by atoms with Crippen LogP contribution in [0.5, 0.6) is 0 Å². The van der Waals surface area contributed by atoms with Crippen LogP contribution in [0.2, 0.25) is 0 Å². The molecular weight excluding hydrogens is 412 g/mol. The van der Waals surface area contributed by atoms with Gasteiger partial charge in [-0.25, -0.2) is 8.42 Å². The summed E-state index contributed by atoms with van der Waals surface area (Å²) >= 11 is 1.50. The molecular formula is C19H18N4O4S2. The quantitative estimate of drug-likeness (QED) is 0.325. The SMILES string of the molecule is Cc1ccc(NS(=O)(=O)c2cc([N+](=O)[O-])ccc2N/N=C/c2ccsc2)c(C)c1. The van der Waals surface area contributed by atoms with E-state index in [0.717, 1.165) is 22.8 Å². The number of nitro groups is 1. The largest absolute Gasteiger partial charge is 0.279 e. The summed E-state index contributed by atoms with van der Waals surface area (Å²) in [5.74, 6) is 0. The van der Waals surface area contributed by atoms with Crippen molar-refractivity contribution in [3.05, 3.63) is 80.0 Å².